The molecular formula is C13H16FN5O. The van der Waals surface area contributed by atoms with E-state index in [1.807, 2.05) is 13.2 Å². The van der Waals surface area contributed by atoms with Crippen LogP contribution in [0.25, 0.3) is 0 Å². The van der Waals surface area contributed by atoms with E-state index in [2.05, 4.69) is 15.2 Å². The molecule has 3 atom stereocenters. The SMILES string of the molecule is Cn1cc([C@@H]2C[C@H](F)c3nc(C(O)C4CC4)nn32)cn1. The first-order valence-corrected chi connectivity index (χ1v) is 6.90. The minimum Gasteiger partial charge on any atom is -0.385 e. The van der Waals surface area contributed by atoms with Gasteiger partial charge < -0.3 is 5.11 Å². The molecule has 20 heavy (non-hydrogen) atoms. The molecule has 0 aromatic carbocycles. The zero-order valence-corrected chi connectivity index (χ0v) is 11.1. The van der Waals surface area contributed by atoms with Crippen LogP contribution in [0.3, 0.4) is 0 Å². The van der Waals surface area contributed by atoms with E-state index in [0.29, 0.717) is 18.1 Å². The fourth-order valence-corrected chi connectivity index (χ4v) is 2.83. The summed E-state index contributed by atoms with van der Waals surface area (Å²) >= 11 is 0. The summed E-state index contributed by atoms with van der Waals surface area (Å²) in [6.07, 6.45) is 4.13. The molecule has 1 aliphatic carbocycles. The van der Waals surface area contributed by atoms with E-state index in [9.17, 15) is 9.50 Å². The highest BCUT2D eigenvalue weighted by molar-refractivity contribution is 5.19. The van der Waals surface area contributed by atoms with Gasteiger partial charge in [0.05, 0.1) is 12.2 Å². The summed E-state index contributed by atoms with van der Waals surface area (Å²) in [6, 6.07) is -0.179. The van der Waals surface area contributed by atoms with Gasteiger partial charge in [0.15, 0.2) is 17.8 Å². The Balaban J connectivity index is 1.70. The summed E-state index contributed by atoms with van der Waals surface area (Å²) in [4.78, 5) is 4.22. The molecule has 0 spiro atoms. The molecule has 1 aliphatic heterocycles. The number of rotatable bonds is 3. The average Bonchev–Trinajstić information content (AvgIpc) is 2.91. The lowest BCUT2D eigenvalue weighted by atomic mass is 10.1. The molecule has 1 fully saturated rings. The number of nitrogens with zero attached hydrogens (tertiary/aromatic N) is 5. The lowest BCUT2D eigenvalue weighted by Crippen LogP contribution is -2.09. The highest BCUT2D eigenvalue weighted by Gasteiger charge is 2.39. The predicted octanol–water partition coefficient (Wildman–Crippen LogP) is 1.46. The standard InChI is InChI=1S/C13H16FN5O/c1-18-6-8(5-15-18)10-4-9(14)13-16-12(17-19(10)13)11(20)7-2-3-7/h5-7,9-11,20H,2-4H2,1H3/t9-,10-,11?/m0/s1. The van der Waals surface area contributed by atoms with Crippen LogP contribution in [0.4, 0.5) is 4.39 Å². The van der Waals surface area contributed by atoms with E-state index in [4.69, 9.17) is 0 Å². The van der Waals surface area contributed by atoms with Gasteiger partial charge in [0.2, 0.25) is 0 Å². The van der Waals surface area contributed by atoms with E-state index >= 15 is 0 Å². The van der Waals surface area contributed by atoms with Crippen molar-refractivity contribution in [2.24, 2.45) is 13.0 Å². The van der Waals surface area contributed by atoms with Gasteiger partial charge in [-0.25, -0.2) is 14.1 Å². The summed E-state index contributed by atoms with van der Waals surface area (Å²) in [5.41, 5.74) is 0.922. The summed E-state index contributed by atoms with van der Waals surface area (Å²) in [7, 11) is 1.83. The summed E-state index contributed by atoms with van der Waals surface area (Å²) < 4.78 is 17.4. The Morgan fingerprint density at radius 1 is 1.45 bits per heavy atom. The molecule has 7 heteroatoms. The maximum Gasteiger partial charge on any atom is 0.179 e. The fraction of sp³-hybridized carbons (Fsp3) is 0.615. The maximum absolute atomic E-state index is 14.1. The second-order valence-electron chi connectivity index (χ2n) is 5.72. The van der Waals surface area contributed by atoms with Gasteiger partial charge in [-0.2, -0.15) is 10.2 Å². The molecule has 1 N–H and O–H groups in total. The van der Waals surface area contributed by atoms with Crippen molar-refractivity contribution in [3.05, 3.63) is 29.6 Å². The number of fused-ring (bicyclic) bond motifs is 1. The lowest BCUT2D eigenvalue weighted by molar-refractivity contribution is 0.143. The van der Waals surface area contributed by atoms with Gasteiger partial charge in [-0.15, -0.1) is 0 Å². The molecule has 0 radical (unpaired) electrons. The average molecular weight is 277 g/mol. The number of halogens is 1. The van der Waals surface area contributed by atoms with Crippen molar-refractivity contribution in [1.29, 1.82) is 0 Å². The first-order valence-electron chi connectivity index (χ1n) is 6.90. The maximum atomic E-state index is 14.1. The van der Waals surface area contributed by atoms with Crippen molar-refractivity contribution in [3.63, 3.8) is 0 Å². The van der Waals surface area contributed by atoms with E-state index in [1.54, 1.807) is 15.6 Å². The Hall–Kier alpha value is -1.76. The summed E-state index contributed by atoms with van der Waals surface area (Å²) in [5.74, 6) is 0.931. The molecule has 6 nitrogen and oxygen atoms in total. The molecule has 0 bridgehead atoms. The second-order valence-corrected chi connectivity index (χ2v) is 5.72. The Bertz CT molecular complexity index is 647. The van der Waals surface area contributed by atoms with Crippen molar-refractivity contribution in [3.8, 4) is 0 Å². The third-order valence-electron chi connectivity index (χ3n) is 4.12. The molecule has 106 valence electrons. The van der Waals surface area contributed by atoms with Crippen molar-refractivity contribution < 1.29 is 9.50 Å². The van der Waals surface area contributed by atoms with Crippen LogP contribution < -0.4 is 0 Å². The van der Waals surface area contributed by atoms with Crippen LogP contribution in [-0.4, -0.2) is 29.7 Å². The van der Waals surface area contributed by atoms with Crippen molar-refractivity contribution in [2.75, 3.05) is 0 Å². The van der Waals surface area contributed by atoms with E-state index < -0.39 is 12.3 Å². The molecule has 2 aliphatic rings. The molecule has 1 saturated carbocycles. The van der Waals surface area contributed by atoms with Crippen LogP contribution in [0, 0.1) is 5.92 Å². The number of hydrogen-bond donors (Lipinski definition) is 1. The number of aliphatic hydroxyl groups excluding tert-OH is 1. The number of alkyl halides is 1. The second kappa shape index (κ2) is 4.12. The fourth-order valence-electron chi connectivity index (χ4n) is 2.83. The number of aromatic nitrogens is 5. The zero-order chi connectivity index (χ0) is 13.9. The van der Waals surface area contributed by atoms with Gasteiger partial charge in [0.25, 0.3) is 0 Å². The third kappa shape index (κ3) is 1.76. The van der Waals surface area contributed by atoms with Crippen LogP contribution in [0.5, 0.6) is 0 Å². The van der Waals surface area contributed by atoms with Crippen LogP contribution in [0.15, 0.2) is 12.4 Å². The smallest absolute Gasteiger partial charge is 0.179 e. The molecular weight excluding hydrogens is 261 g/mol. The third-order valence-corrected chi connectivity index (χ3v) is 4.12. The minimum absolute atomic E-state index is 0.179. The summed E-state index contributed by atoms with van der Waals surface area (Å²) in [5, 5.41) is 18.6. The Morgan fingerprint density at radius 3 is 2.90 bits per heavy atom. The molecule has 3 heterocycles. The Kier molecular flexibility index (Phi) is 2.47. The highest BCUT2D eigenvalue weighted by atomic mass is 19.1. The van der Waals surface area contributed by atoms with Crippen LogP contribution >= 0.6 is 0 Å². The van der Waals surface area contributed by atoms with Crippen molar-refractivity contribution >= 4 is 0 Å². The number of aliphatic hydroxyl groups is 1. The molecule has 1 unspecified atom stereocenters. The van der Waals surface area contributed by atoms with Crippen LogP contribution in [0.1, 0.15) is 54.8 Å². The largest absolute Gasteiger partial charge is 0.385 e. The topological polar surface area (TPSA) is 68.8 Å². The zero-order valence-electron chi connectivity index (χ0n) is 11.1. The van der Waals surface area contributed by atoms with Gasteiger partial charge in [0.1, 0.15) is 6.10 Å². The van der Waals surface area contributed by atoms with E-state index in [-0.39, 0.29) is 12.0 Å². The summed E-state index contributed by atoms with van der Waals surface area (Å²) in [6.45, 7) is 0. The monoisotopic (exact) mass is 277 g/mol. The quantitative estimate of drug-likeness (QED) is 0.922. The lowest BCUT2D eigenvalue weighted by Gasteiger charge is -2.09. The van der Waals surface area contributed by atoms with Gasteiger partial charge in [0, 0.05) is 25.2 Å². The number of aryl methyl sites for hydroxylation is 1. The van der Waals surface area contributed by atoms with Crippen molar-refractivity contribution in [1.82, 2.24) is 24.5 Å². The molecule has 4 rings (SSSR count). The predicted molar refractivity (Wildman–Crippen MR) is 67.5 cm³/mol. The number of hydrogen-bond acceptors (Lipinski definition) is 4. The Morgan fingerprint density at radius 2 is 2.25 bits per heavy atom. The Labute approximate surface area is 115 Å². The van der Waals surface area contributed by atoms with Crippen LogP contribution in [0.2, 0.25) is 0 Å². The minimum atomic E-state index is -1.13. The first-order chi connectivity index (χ1) is 9.63. The highest BCUT2D eigenvalue weighted by Crippen LogP contribution is 2.43. The van der Waals surface area contributed by atoms with Gasteiger partial charge >= 0.3 is 0 Å². The normalized spacial score (nSPS) is 26.8. The molecule has 2 aromatic heterocycles. The van der Waals surface area contributed by atoms with E-state index in [0.717, 1.165) is 18.4 Å². The van der Waals surface area contributed by atoms with Gasteiger partial charge in [-0.1, -0.05) is 0 Å². The van der Waals surface area contributed by atoms with Crippen LogP contribution in [-0.2, 0) is 7.05 Å². The molecule has 0 amide bonds. The molecule has 0 saturated heterocycles. The van der Waals surface area contributed by atoms with Crippen molar-refractivity contribution in [2.45, 2.75) is 37.6 Å². The molecule has 2 aromatic rings. The van der Waals surface area contributed by atoms with Gasteiger partial charge in [-0.05, 0) is 18.8 Å². The van der Waals surface area contributed by atoms with Gasteiger partial charge in [-0.3, -0.25) is 4.68 Å². The first kappa shape index (κ1) is 12.0. The van der Waals surface area contributed by atoms with E-state index in [1.165, 1.54) is 0 Å².